The van der Waals surface area contributed by atoms with Gasteiger partial charge in [0, 0.05) is 0 Å². The van der Waals surface area contributed by atoms with Crippen LogP contribution in [0, 0.1) is 0 Å². The lowest BCUT2D eigenvalue weighted by Crippen LogP contribution is -1.93. The van der Waals surface area contributed by atoms with E-state index in [-0.39, 0.29) is 0 Å². The van der Waals surface area contributed by atoms with E-state index in [1.165, 1.54) is 131 Å². The summed E-state index contributed by atoms with van der Waals surface area (Å²) < 4.78 is 0. The summed E-state index contributed by atoms with van der Waals surface area (Å²) in [6.07, 6.45) is 0. The predicted octanol–water partition coefficient (Wildman–Crippen LogP) is 16.5. The molecule has 0 aromatic heterocycles. The van der Waals surface area contributed by atoms with Crippen LogP contribution in [0.5, 0.6) is 0 Å². The van der Waals surface area contributed by atoms with E-state index in [0.717, 1.165) is 0 Å². The highest BCUT2D eigenvalue weighted by Gasteiger charge is 2.20. The Morgan fingerprint density at radius 3 is 1.24 bits per heavy atom. The van der Waals surface area contributed by atoms with Gasteiger partial charge in [0.15, 0.2) is 0 Å². The third-order valence-corrected chi connectivity index (χ3v) is 12.9. The van der Waals surface area contributed by atoms with Gasteiger partial charge >= 0.3 is 0 Å². The standard InChI is InChI=1S/C58H34/c1-3-15-45-35(8-1)10-7-17-46(45)43-26-27-48(53(33-43)49-28-22-40-20-18-36-11-5-13-38-24-30-51(49)57(40)55(36)38)44-32-42-9-2-4-16-47(42)54(34-44)50-29-23-41-21-19-37-12-6-14-39-25-31-52(50)58(41)56(37)39/h1-34H. The third kappa shape index (κ3) is 4.52. The second-order valence-corrected chi connectivity index (χ2v) is 16.0. The molecule has 0 unspecified atom stereocenters. The van der Waals surface area contributed by atoms with Gasteiger partial charge < -0.3 is 0 Å². The molecule has 0 spiro atoms. The highest BCUT2D eigenvalue weighted by Crippen LogP contribution is 2.47. The first-order valence-corrected chi connectivity index (χ1v) is 20.2. The minimum atomic E-state index is 1.21. The molecule has 0 N–H and O–H groups in total. The highest BCUT2D eigenvalue weighted by molar-refractivity contribution is 6.27. The maximum atomic E-state index is 2.46. The van der Waals surface area contributed by atoms with Gasteiger partial charge in [-0.3, -0.25) is 0 Å². The first-order valence-electron chi connectivity index (χ1n) is 20.2. The molecule has 0 fully saturated rings. The molecule has 0 bridgehead atoms. The van der Waals surface area contributed by atoms with Crippen molar-refractivity contribution in [2.45, 2.75) is 0 Å². The molecule has 0 aliphatic rings. The highest BCUT2D eigenvalue weighted by atomic mass is 14.2. The molecule has 0 radical (unpaired) electrons. The van der Waals surface area contributed by atoms with Crippen LogP contribution < -0.4 is 0 Å². The zero-order valence-corrected chi connectivity index (χ0v) is 31.6. The van der Waals surface area contributed by atoms with E-state index in [9.17, 15) is 0 Å². The molecule has 0 heterocycles. The lowest BCUT2D eigenvalue weighted by molar-refractivity contribution is 1.60. The number of hydrogen-bond acceptors (Lipinski definition) is 0. The Morgan fingerprint density at radius 2 is 0.603 bits per heavy atom. The molecular weight excluding hydrogens is 697 g/mol. The Bertz CT molecular complexity index is 3750. The first kappa shape index (κ1) is 31.6. The zero-order valence-electron chi connectivity index (χ0n) is 31.6. The van der Waals surface area contributed by atoms with Crippen LogP contribution in [0.15, 0.2) is 206 Å². The average Bonchev–Trinajstić information content (AvgIpc) is 3.29. The van der Waals surface area contributed by atoms with Crippen LogP contribution >= 0.6 is 0 Å². The van der Waals surface area contributed by atoms with Gasteiger partial charge in [-0.2, -0.15) is 0 Å². The predicted molar refractivity (Wildman–Crippen MR) is 251 cm³/mol. The topological polar surface area (TPSA) is 0 Å². The second kappa shape index (κ2) is 12.0. The van der Waals surface area contributed by atoms with E-state index < -0.39 is 0 Å². The molecule has 0 aliphatic carbocycles. The molecule has 0 aliphatic heterocycles. The minimum absolute atomic E-state index is 1.21. The largest absolute Gasteiger partial charge is 0.0616 e. The first-order chi connectivity index (χ1) is 28.7. The van der Waals surface area contributed by atoms with Crippen LogP contribution in [0.1, 0.15) is 0 Å². The third-order valence-electron chi connectivity index (χ3n) is 12.9. The molecule has 58 heavy (non-hydrogen) atoms. The molecule has 0 amide bonds. The van der Waals surface area contributed by atoms with Crippen LogP contribution in [-0.4, -0.2) is 0 Å². The molecule has 13 aromatic carbocycles. The fourth-order valence-corrected chi connectivity index (χ4v) is 10.3. The molecule has 0 saturated heterocycles. The number of fused-ring (bicyclic) bond motifs is 2. The molecule has 0 nitrogen and oxygen atoms in total. The minimum Gasteiger partial charge on any atom is -0.0616 e. The lowest BCUT2D eigenvalue weighted by Gasteiger charge is -2.20. The Hall–Kier alpha value is -7.54. The van der Waals surface area contributed by atoms with Crippen molar-refractivity contribution < 1.29 is 0 Å². The van der Waals surface area contributed by atoms with Crippen LogP contribution in [0.25, 0.3) is 131 Å². The lowest BCUT2D eigenvalue weighted by atomic mass is 9.84. The van der Waals surface area contributed by atoms with Crippen molar-refractivity contribution in [2.24, 2.45) is 0 Å². The molecule has 266 valence electrons. The van der Waals surface area contributed by atoms with Gasteiger partial charge in [0.2, 0.25) is 0 Å². The number of hydrogen-bond donors (Lipinski definition) is 0. The summed E-state index contributed by atoms with van der Waals surface area (Å²) in [6, 6.07) is 77.4. The van der Waals surface area contributed by atoms with Crippen molar-refractivity contribution >= 4 is 86.2 Å². The molecule has 13 aromatic rings. The van der Waals surface area contributed by atoms with E-state index in [4.69, 9.17) is 0 Å². The average molecular weight is 731 g/mol. The molecule has 13 rings (SSSR count). The fraction of sp³-hybridized carbons (Fsp3) is 0. The van der Waals surface area contributed by atoms with Crippen LogP contribution in [0.2, 0.25) is 0 Å². The summed E-state index contributed by atoms with van der Waals surface area (Å²) in [6.45, 7) is 0. The summed E-state index contributed by atoms with van der Waals surface area (Å²) in [5.74, 6) is 0. The molecule has 0 heteroatoms. The second-order valence-electron chi connectivity index (χ2n) is 16.0. The van der Waals surface area contributed by atoms with Crippen molar-refractivity contribution in [2.75, 3.05) is 0 Å². The maximum Gasteiger partial charge on any atom is -0.00206 e. The van der Waals surface area contributed by atoms with Crippen molar-refractivity contribution in [3.05, 3.63) is 206 Å². The Labute approximate surface area is 335 Å². The fourth-order valence-electron chi connectivity index (χ4n) is 10.3. The van der Waals surface area contributed by atoms with E-state index in [0.29, 0.717) is 0 Å². The van der Waals surface area contributed by atoms with Crippen molar-refractivity contribution in [3.8, 4) is 44.5 Å². The summed E-state index contributed by atoms with van der Waals surface area (Å²) in [4.78, 5) is 0. The van der Waals surface area contributed by atoms with Crippen molar-refractivity contribution in [1.82, 2.24) is 0 Å². The summed E-state index contributed by atoms with van der Waals surface area (Å²) in [7, 11) is 0. The molecule has 0 atom stereocenters. The summed E-state index contributed by atoms with van der Waals surface area (Å²) in [5.41, 5.74) is 9.91. The van der Waals surface area contributed by atoms with Crippen molar-refractivity contribution in [3.63, 3.8) is 0 Å². The normalized spacial score (nSPS) is 12.1. The van der Waals surface area contributed by atoms with Gasteiger partial charge in [0.1, 0.15) is 0 Å². The molecular formula is C58H34. The Balaban J connectivity index is 1.11. The van der Waals surface area contributed by atoms with Crippen LogP contribution in [-0.2, 0) is 0 Å². The van der Waals surface area contributed by atoms with Gasteiger partial charge in [-0.05, 0) is 149 Å². The van der Waals surface area contributed by atoms with E-state index >= 15 is 0 Å². The monoisotopic (exact) mass is 730 g/mol. The Kier molecular flexibility index (Phi) is 6.54. The number of benzene rings is 13. The number of rotatable bonds is 4. The van der Waals surface area contributed by atoms with Gasteiger partial charge in [0.05, 0.1) is 0 Å². The SMILES string of the molecule is c1ccc2c(-c3ccc(-c4cc(-c5ccc6ccc7cccc8ccc5c6c78)c5ccccc5c4)c(-c4ccc5ccc6cccc7ccc4c5c67)c3)cccc2c1. The van der Waals surface area contributed by atoms with Crippen molar-refractivity contribution in [1.29, 1.82) is 0 Å². The molecule has 0 saturated carbocycles. The zero-order chi connectivity index (χ0) is 37.9. The van der Waals surface area contributed by atoms with E-state index in [1.54, 1.807) is 0 Å². The van der Waals surface area contributed by atoms with Gasteiger partial charge in [-0.1, -0.05) is 188 Å². The van der Waals surface area contributed by atoms with E-state index in [2.05, 4.69) is 206 Å². The maximum absolute atomic E-state index is 2.46. The van der Waals surface area contributed by atoms with Gasteiger partial charge in [-0.15, -0.1) is 0 Å². The van der Waals surface area contributed by atoms with Crippen LogP contribution in [0.4, 0.5) is 0 Å². The smallest absolute Gasteiger partial charge is 0.00206 e. The van der Waals surface area contributed by atoms with Crippen LogP contribution in [0.3, 0.4) is 0 Å². The summed E-state index contributed by atoms with van der Waals surface area (Å²) >= 11 is 0. The van der Waals surface area contributed by atoms with Gasteiger partial charge in [-0.25, -0.2) is 0 Å². The van der Waals surface area contributed by atoms with Gasteiger partial charge in [0.25, 0.3) is 0 Å². The Morgan fingerprint density at radius 1 is 0.172 bits per heavy atom. The van der Waals surface area contributed by atoms with E-state index in [1.807, 2.05) is 0 Å². The summed E-state index contributed by atoms with van der Waals surface area (Å²) in [5, 5.41) is 20.7. The quantitative estimate of drug-likeness (QED) is 0.158.